The van der Waals surface area contributed by atoms with Crippen LogP contribution in [0.3, 0.4) is 0 Å². The van der Waals surface area contributed by atoms with Crippen molar-refractivity contribution in [2.75, 3.05) is 26.0 Å². The van der Waals surface area contributed by atoms with Gasteiger partial charge in [0, 0.05) is 18.0 Å². The van der Waals surface area contributed by atoms with Crippen LogP contribution in [0.5, 0.6) is 5.75 Å². The summed E-state index contributed by atoms with van der Waals surface area (Å²) in [5.41, 5.74) is 1.75. The first-order valence-electron chi connectivity index (χ1n) is 10.8. The summed E-state index contributed by atoms with van der Waals surface area (Å²) in [6.07, 6.45) is 6.34. The first kappa shape index (κ1) is 20.6. The van der Waals surface area contributed by atoms with Crippen molar-refractivity contribution in [3.8, 4) is 11.4 Å². The number of aromatic nitrogens is 2. The molecule has 1 aliphatic carbocycles. The Kier molecular flexibility index (Phi) is 5.75. The van der Waals surface area contributed by atoms with E-state index in [1.165, 1.54) is 23.1 Å². The van der Waals surface area contributed by atoms with Crippen molar-refractivity contribution >= 4 is 39.2 Å². The number of amides is 1. The molecule has 3 heterocycles. The predicted molar refractivity (Wildman–Crippen MR) is 125 cm³/mol. The first-order chi connectivity index (χ1) is 15.2. The summed E-state index contributed by atoms with van der Waals surface area (Å²) in [5.74, 6) is 0.999. The van der Waals surface area contributed by atoms with Gasteiger partial charge in [-0.1, -0.05) is 23.9 Å². The van der Waals surface area contributed by atoms with E-state index in [1.54, 1.807) is 23.0 Å². The lowest BCUT2D eigenvalue weighted by Crippen LogP contribution is -2.36. The van der Waals surface area contributed by atoms with Crippen LogP contribution in [0, 0.1) is 0 Å². The highest BCUT2D eigenvalue weighted by Gasteiger charge is 2.25. The van der Waals surface area contributed by atoms with Gasteiger partial charge in [0.25, 0.3) is 5.56 Å². The number of aryl methyl sites for hydroxylation is 2. The maximum absolute atomic E-state index is 13.8. The van der Waals surface area contributed by atoms with E-state index in [-0.39, 0.29) is 17.2 Å². The second kappa shape index (κ2) is 8.67. The predicted octanol–water partition coefficient (Wildman–Crippen LogP) is 4.05. The fourth-order valence-corrected chi connectivity index (χ4v) is 6.72. The monoisotopic (exact) mass is 455 g/mol. The number of hydrogen-bond acceptors (Lipinski definition) is 6. The molecule has 5 rings (SSSR count). The minimum Gasteiger partial charge on any atom is -0.495 e. The molecule has 1 aliphatic heterocycles. The van der Waals surface area contributed by atoms with Gasteiger partial charge in [0.15, 0.2) is 5.16 Å². The fourth-order valence-electron chi connectivity index (χ4n) is 4.51. The summed E-state index contributed by atoms with van der Waals surface area (Å²) in [4.78, 5) is 35.4. The van der Waals surface area contributed by atoms with Gasteiger partial charge in [0.2, 0.25) is 5.91 Å². The second-order valence-electron chi connectivity index (χ2n) is 7.97. The topological polar surface area (TPSA) is 64.4 Å². The lowest BCUT2D eigenvalue weighted by molar-refractivity contribution is -0.129. The molecule has 31 heavy (non-hydrogen) atoms. The van der Waals surface area contributed by atoms with E-state index in [0.29, 0.717) is 16.6 Å². The molecule has 0 atom stereocenters. The minimum absolute atomic E-state index is 0.0678. The van der Waals surface area contributed by atoms with Crippen LogP contribution in [0.25, 0.3) is 15.9 Å². The maximum atomic E-state index is 13.8. The van der Waals surface area contributed by atoms with Crippen molar-refractivity contribution in [2.45, 2.75) is 43.7 Å². The molecular formula is C23H25N3O3S2. The summed E-state index contributed by atoms with van der Waals surface area (Å²) >= 11 is 2.97. The Labute approximate surface area is 189 Å². The van der Waals surface area contributed by atoms with Crippen molar-refractivity contribution in [3.05, 3.63) is 45.1 Å². The van der Waals surface area contributed by atoms with Gasteiger partial charge < -0.3 is 9.64 Å². The highest BCUT2D eigenvalue weighted by atomic mass is 32.2. The molecule has 1 aromatic carbocycles. The molecule has 1 fully saturated rings. The number of carbonyl (C=O) groups is 1. The lowest BCUT2D eigenvalue weighted by atomic mass is 10.1. The molecule has 0 radical (unpaired) electrons. The highest BCUT2D eigenvalue weighted by molar-refractivity contribution is 7.99. The summed E-state index contributed by atoms with van der Waals surface area (Å²) < 4.78 is 7.19. The van der Waals surface area contributed by atoms with Crippen LogP contribution in [0.4, 0.5) is 0 Å². The van der Waals surface area contributed by atoms with Crippen LogP contribution in [-0.4, -0.2) is 46.3 Å². The van der Waals surface area contributed by atoms with Crippen LogP contribution in [-0.2, 0) is 17.6 Å². The Balaban J connectivity index is 1.59. The minimum atomic E-state index is -0.0678. The number of thioether (sulfide) groups is 1. The number of methoxy groups -OCH3 is 1. The zero-order chi connectivity index (χ0) is 21.4. The quantitative estimate of drug-likeness (QED) is 0.429. The van der Waals surface area contributed by atoms with Gasteiger partial charge in [-0.2, -0.15) is 0 Å². The number of ether oxygens (including phenoxy) is 1. The van der Waals surface area contributed by atoms with Gasteiger partial charge >= 0.3 is 0 Å². The Hall–Kier alpha value is -2.32. The van der Waals surface area contributed by atoms with Gasteiger partial charge in [-0.3, -0.25) is 14.2 Å². The summed E-state index contributed by atoms with van der Waals surface area (Å²) in [7, 11) is 1.60. The van der Waals surface area contributed by atoms with Gasteiger partial charge in [-0.05, 0) is 56.2 Å². The number of carbonyl (C=O) groups excluding carboxylic acids is 1. The number of para-hydroxylation sites is 2. The van der Waals surface area contributed by atoms with Gasteiger partial charge in [0.05, 0.1) is 23.9 Å². The number of piperidine rings is 1. The van der Waals surface area contributed by atoms with Crippen LogP contribution in [0.15, 0.2) is 34.2 Å². The third kappa shape index (κ3) is 3.76. The molecule has 0 spiro atoms. The Bertz CT molecular complexity index is 1190. The number of hydrogen-bond donors (Lipinski definition) is 0. The molecular weight excluding hydrogens is 430 g/mol. The molecule has 0 unspecified atom stereocenters. The Morgan fingerprint density at radius 3 is 2.77 bits per heavy atom. The van der Waals surface area contributed by atoms with Crippen molar-refractivity contribution in [1.29, 1.82) is 0 Å². The number of rotatable bonds is 5. The molecule has 0 saturated carbocycles. The van der Waals surface area contributed by atoms with Crippen LogP contribution in [0.1, 0.15) is 36.1 Å². The van der Waals surface area contributed by atoms with Gasteiger partial charge in [0.1, 0.15) is 10.6 Å². The Morgan fingerprint density at radius 1 is 1.16 bits per heavy atom. The molecule has 0 N–H and O–H groups in total. The van der Waals surface area contributed by atoms with Gasteiger partial charge in [-0.25, -0.2) is 4.98 Å². The van der Waals surface area contributed by atoms with Crippen LogP contribution < -0.4 is 10.3 Å². The van der Waals surface area contributed by atoms with E-state index in [2.05, 4.69) is 0 Å². The van der Waals surface area contributed by atoms with Gasteiger partial charge in [-0.15, -0.1) is 11.3 Å². The van der Waals surface area contributed by atoms with Crippen molar-refractivity contribution < 1.29 is 9.53 Å². The Morgan fingerprint density at radius 2 is 1.97 bits per heavy atom. The SMILES string of the molecule is COc1ccccc1-n1c(SCC(=O)N2CCCCC2)nc2sc3c(c2c1=O)CCC3. The number of thiophene rings is 1. The molecule has 0 bridgehead atoms. The number of fused-ring (bicyclic) bond motifs is 3. The zero-order valence-corrected chi connectivity index (χ0v) is 19.2. The number of nitrogens with zero attached hydrogens (tertiary/aromatic N) is 3. The van der Waals surface area contributed by atoms with Crippen molar-refractivity contribution in [3.63, 3.8) is 0 Å². The number of benzene rings is 1. The second-order valence-corrected chi connectivity index (χ2v) is 10.0. The van der Waals surface area contributed by atoms with Crippen LogP contribution >= 0.6 is 23.1 Å². The maximum Gasteiger partial charge on any atom is 0.267 e. The zero-order valence-electron chi connectivity index (χ0n) is 17.6. The lowest BCUT2D eigenvalue weighted by Gasteiger charge is -2.26. The van der Waals surface area contributed by atoms with Crippen molar-refractivity contribution in [2.24, 2.45) is 0 Å². The molecule has 1 saturated heterocycles. The average Bonchev–Trinajstić information content (AvgIpc) is 3.39. The highest BCUT2D eigenvalue weighted by Crippen LogP contribution is 2.36. The fraction of sp³-hybridized carbons (Fsp3) is 0.435. The van der Waals surface area contributed by atoms with Crippen LogP contribution in [0.2, 0.25) is 0 Å². The molecule has 3 aromatic rings. The summed E-state index contributed by atoms with van der Waals surface area (Å²) in [6.45, 7) is 1.64. The third-order valence-corrected chi connectivity index (χ3v) is 8.18. The molecule has 2 aromatic heterocycles. The number of likely N-dealkylation sites (tertiary alicyclic amines) is 1. The molecule has 162 valence electrons. The molecule has 8 heteroatoms. The van der Waals surface area contributed by atoms with E-state index >= 15 is 0 Å². The first-order valence-corrected chi connectivity index (χ1v) is 12.6. The van der Waals surface area contributed by atoms with Crippen molar-refractivity contribution in [1.82, 2.24) is 14.5 Å². The molecule has 6 nitrogen and oxygen atoms in total. The smallest absolute Gasteiger partial charge is 0.267 e. The van der Waals surface area contributed by atoms with E-state index in [9.17, 15) is 9.59 Å². The largest absolute Gasteiger partial charge is 0.495 e. The van der Waals surface area contributed by atoms with E-state index in [0.717, 1.165) is 61.0 Å². The van der Waals surface area contributed by atoms with E-state index in [4.69, 9.17) is 9.72 Å². The normalized spacial score (nSPS) is 16.0. The average molecular weight is 456 g/mol. The molecule has 1 amide bonds. The standard InChI is InChI=1S/C23H25N3O3S2/c1-29-17-10-4-3-9-16(17)26-22(28)20-15-8-7-11-18(15)31-21(20)24-23(26)30-14-19(27)25-12-5-2-6-13-25/h3-4,9-10H,2,5-8,11-14H2,1H3. The van der Waals surface area contributed by atoms with E-state index < -0.39 is 0 Å². The van der Waals surface area contributed by atoms with E-state index in [1.807, 2.05) is 29.2 Å². The molecule has 2 aliphatic rings. The summed E-state index contributed by atoms with van der Waals surface area (Å²) in [6, 6.07) is 7.49. The summed E-state index contributed by atoms with van der Waals surface area (Å²) in [5, 5.41) is 1.28. The third-order valence-electron chi connectivity index (χ3n) is 6.07.